The Balaban J connectivity index is 0. The maximum atomic E-state index is 5.93. The molecule has 1 aromatic rings. The maximum absolute atomic E-state index is 5.93. The minimum atomic E-state index is 0. The molecule has 0 aromatic heterocycles. The fraction of sp³-hybridized carbons (Fsp3) is 0.385. The van der Waals surface area contributed by atoms with Gasteiger partial charge in [-0.2, -0.15) is 25.0 Å². The van der Waals surface area contributed by atoms with E-state index in [-0.39, 0.29) is 38.8 Å². The van der Waals surface area contributed by atoms with Crippen molar-refractivity contribution in [2.45, 2.75) is 32.7 Å². The fourth-order valence-electron chi connectivity index (χ4n) is 1.27. The molecule has 0 heterocycles. The molecule has 1 aromatic carbocycles. The van der Waals surface area contributed by atoms with Crippen LogP contribution < -0.4 is 5.73 Å². The van der Waals surface area contributed by atoms with Gasteiger partial charge in [0, 0.05) is 32.7 Å². The average Bonchev–Trinajstić information content (AvgIpc) is 2.22. The van der Waals surface area contributed by atoms with E-state index in [1.165, 1.54) is 0 Å². The molecule has 1 rings (SSSR count). The Hall–Kier alpha value is 0.154. The van der Waals surface area contributed by atoms with Crippen LogP contribution in [0.5, 0.6) is 0 Å². The molecule has 83 valence electrons. The van der Waals surface area contributed by atoms with Crippen LogP contribution in [0.3, 0.4) is 0 Å². The van der Waals surface area contributed by atoms with Gasteiger partial charge < -0.3 is 12.7 Å². The smallest absolute Gasteiger partial charge is 0 e. The standard InChI is InChI=1S/C11H15N.C2H6.Y/c1-3-6-11(12)10-8-5-4-7-9(10)2;1-2;/h4-5,7-8,11H,1-3,6,12H2;1-2H3;/q-2;;. The molecule has 0 saturated heterocycles. The molecule has 2 N–H and O–H groups in total. The molecule has 2 heteroatoms. The van der Waals surface area contributed by atoms with Crippen molar-refractivity contribution in [1.82, 2.24) is 0 Å². The van der Waals surface area contributed by atoms with E-state index in [9.17, 15) is 0 Å². The van der Waals surface area contributed by atoms with Crippen molar-refractivity contribution in [3.63, 3.8) is 0 Å². The van der Waals surface area contributed by atoms with E-state index < -0.39 is 0 Å². The summed E-state index contributed by atoms with van der Waals surface area (Å²) in [7, 11) is 0. The predicted molar refractivity (Wildman–Crippen MR) is 63.8 cm³/mol. The summed E-state index contributed by atoms with van der Waals surface area (Å²) in [4.78, 5) is 0. The predicted octanol–water partition coefficient (Wildman–Crippen LogP) is 3.51. The zero-order valence-corrected chi connectivity index (χ0v) is 12.7. The Morgan fingerprint density at radius 1 is 1.27 bits per heavy atom. The summed E-state index contributed by atoms with van der Waals surface area (Å²) in [6, 6.07) is 8.08. The molecule has 1 nitrogen and oxygen atoms in total. The van der Waals surface area contributed by atoms with Gasteiger partial charge in [-0.3, -0.25) is 0 Å². The van der Waals surface area contributed by atoms with Crippen LogP contribution in [-0.2, 0) is 32.7 Å². The van der Waals surface area contributed by atoms with E-state index >= 15 is 0 Å². The van der Waals surface area contributed by atoms with Gasteiger partial charge in [-0.05, 0) is 6.04 Å². The zero-order chi connectivity index (χ0) is 11.0. The van der Waals surface area contributed by atoms with Gasteiger partial charge in [-0.15, -0.1) is 17.7 Å². The Labute approximate surface area is 120 Å². The van der Waals surface area contributed by atoms with Crippen LogP contribution >= 0.6 is 0 Å². The van der Waals surface area contributed by atoms with Gasteiger partial charge in [0.2, 0.25) is 0 Å². The van der Waals surface area contributed by atoms with Crippen molar-refractivity contribution in [2.75, 3.05) is 0 Å². The van der Waals surface area contributed by atoms with Gasteiger partial charge in [0.05, 0.1) is 0 Å². The van der Waals surface area contributed by atoms with Crippen LogP contribution in [0.1, 0.15) is 43.9 Å². The van der Waals surface area contributed by atoms with Crippen LogP contribution in [0.4, 0.5) is 0 Å². The average molecular weight is 280 g/mol. The normalized spacial score (nSPS) is 10.7. The Morgan fingerprint density at radius 3 is 2.27 bits per heavy atom. The molecule has 0 aliphatic rings. The largest absolute Gasteiger partial charge is 0.343 e. The second-order valence-corrected chi connectivity index (χ2v) is 2.95. The van der Waals surface area contributed by atoms with E-state index in [1.54, 1.807) is 0 Å². The first kappa shape index (κ1) is 17.5. The van der Waals surface area contributed by atoms with Crippen LogP contribution in [0.2, 0.25) is 0 Å². The summed E-state index contributed by atoms with van der Waals surface area (Å²) in [6.07, 6.45) is 1.79. The molecule has 0 fully saturated rings. The SMILES string of the molecule is CC.[CH2-]CCC(N)c1ccccc1[CH2-].[Y]. The van der Waals surface area contributed by atoms with Crippen molar-refractivity contribution >= 4 is 0 Å². The molecule has 0 amide bonds. The molecule has 0 aliphatic heterocycles. The zero-order valence-electron chi connectivity index (χ0n) is 9.87. The topological polar surface area (TPSA) is 26.0 Å². The minimum absolute atomic E-state index is 0. The second kappa shape index (κ2) is 10.7. The van der Waals surface area contributed by atoms with Gasteiger partial charge in [0.1, 0.15) is 0 Å². The van der Waals surface area contributed by atoms with Crippen LogP contribution in [-0.4, -0.2) is 0 Å². The van der Waals surface area contributed by atoms with Crippen LogP contribution in [0, 0.1) is 13.8 Å². The van der Waals surface area contributed by atoms with E-state index in [0.29, 0.717) is 0 Å². The second-order valence-electron chi connectivity index (χ2n) is 2.95. The summed E-state index contributed by atoms with van der Waals surface area (Å²) in [5.74, 6) is 0. The summed E-state index contributed by atoms with van der Waals surface area (Å²) >= 11 is 0. The first-order chi connectivity index (χ1) is 6.75. The maximum Gasteiger partial charge on any atom is 0 e. The molecule has 0 saturated carbocycles. The van der Waals surface area contributed by atoms with E-state index in [4.69, 9.17) is 5.73 Å². The fourth-order valence-corrected chi connectivity index (χ4v) is 1.27. The number of rotatable bonds is 3. The molecule has 1 unspecified atom stereocenters. The number of benzene rings is 1. The van der Waals surface area contributed by atoms with Crippen LogP contribution in [0.15, 0.2) is 24.3 Å². The first-order valence-corrected chi connectivity index (χ1v) is 5.21. The molecule has 0 aliphatic carbocycles. The van der Waals surface area contributed by atoms with Crippen molar-refractivity contribution in [3.05, 3.63) is 49.2 Å². The molecule has 1 atom stereocenters. The number of hydrogen-bond acceptors (Lipinski definition) is 1. The van der Waals surface area contributed by atoms with Crippen molar-refractivity contribution in [2.24, 2.45) is 5.73 Å². The van der Waals surface area contributed by atoms with Crippen molar-refractivity contribution < 1.29 is 32.7 Å². The number of hydrogen-bond donors (Lipinski definition) is 1. The van der Waals surface area contributed by atoms with Gasteiger partial charge in [-0.1, -0.05) is 26.3 Å². The summed E-state index contributed by atoms with van der Waals surface area (Å²) in [6.45, 7) is 11.7. The third kappa shape index (κ3) is 6.34. The van der Waals surface area contributed by atoms with Gasteiger partial charge in [-0.25, -0.2) is 0 Å². The van der Waals surface area contributed by atoms with E-state index in [2.05, 4.69) is 13.8 Å². The number of nitrogens with two attached hydrogens (primary N) is 1. The summed E-state index contributed by atoms with van der Waals surface area (Å²) < 4.78 is 0. The van der Waals surface area contributed by atoms with Crippen molar-refractivity contribution in [3.8, 4) is 0 Å². The van der Waals surface area contributed by atoms with Gasteiger partial charge >= 0.3 is 0 Å². The Bertz CT molecular complexity index is 248. The quantitative estimate of drug-likeness (QED) is 0.842. The minimum Gasteiger partial charge on any atom is -0.343 e. The summed E-state index contributed by atoms with van der Waals surface area (Å²) in [5.41, 5.74) is 8.09. The first-order valence-electron chi connectivity index (χ1n) is 5.21. The van der Waals surface area contributed by atoms with Gasteiger partial charge in [0.25, 0.3) is 0 Å². The Kier molecular flexibility index (Phi) is 12.5. The Morgan fingerprint density at radius 2 is 1.80 bits per heavy atom. The molecule has 15 heavy (non-hydrogen) atoms. The molecule has 1 radical (unpaired) electrons. The van der Waals surface area contributed by atoms with Crippen molar-refractivity contribution in [1.29, 1.82) is 0 Å². The molecular formula is C13H21NY-2. The summed E-state index contributed by atoms with van der Waals surface area (Å²) in [5, 5.41) is 0. The third-order valence-electron chi connectivity index (χ3n) is 1.97. The monoisotopic (exact) mass is 280 g/mol. The molecule has 0 spiro atoms. The van der Waals surface area contributed by atoms with E-state index in [0.717, 1.165) is 24.0 Å². The van der Waals surface area contributed by atoms with Crippen LogP contribution in [0.25, 0.3) is 0 Å². The third-order valence-corrected chi connectivity index (χ3v) is 1.97. The molecule has 0 bridgehead atoms. The molecular weight excluding hydrogens is 259 g/mol. The van der Waals surface area contributed by atoms with E-state index in [1.807, 2.05) is 38.1 Å². The van der Waals surface area contributed by atoms with Gasteiger partial charge in [0.15, 0.2) is 0 Å².